The molecule has 25 heavy (non-hydrogen) atoms. The maximum Gasteiger partial charge on any atom is 0.241 e. The fourth-order valence-corrected chi connectivity index (χ4v) is 5.64. The van der Waals surface area contributed by atoms with Crippen LogP contribution in [0.3, 0.4) is 0 Å². The molecule has 0 amide bonds. The molecule has 0 saturated heterocycles. The van der Waals surface area contributed by atoms with Gasteiger partial charge in [0.2, 0.25) is 10.0 Å². The van der Waals surface area contributed by atoms with Crippen molar-refractivity contribution in [2.75, 3.05) is 19.4 Å². The zero-order valence-corrected chi connectivity index (χ0v) is 17.6. The smallest absolute Gasteiger partial charge is 0.241 e. The molecule has 0 heterocycles. The molecule has 0 aliphatic heterocycles. The molecule has 2 unspecified atom stereocenters. The number of nitrogens with one attached hydrogen (secondary N) is 1. The molecule has 142 valence electrons. The molecule has 9 heteroatoms. The van der Waals surface area contributed by atoms with Crippen LogP contribution in [-0.4, -0.2) is 42.3 Å². The van der Waals surface area contributed by atoms with Gasteiger partial charge < -0.3 is 4.74 Å². The van der Waals surface area contributed by atoms with Gasteiger partial charge in [-0.1, -0.05) is 19.8 Å². The third-order valence-corrected chi connectivity index (χ3v) is 7.94. The predicted molar refractivity (Wildman–Crippen MR) is 99.8 cm³/mol. The number of hydrogen-bond donors (Lipinski definition) is 1. The zero-order valence-electron chi connectivity index (χ0n) is 14.4. The number of halogens is 1. The summed E-state index contributed by atoms with van der Waals surface area (Å²) in [5, 5.41) is 0. The molecule has 1 aromatic rings. The van der Waals surface area contributed by atoms with E-state index in [4.69, 9.17) is 4.74 Å². The van der Waals surface area contributed by atoms with Crippen LogP contribution in [0, 0.1) is 5.92 Å². The van der Waals surface area contributed by atoms with E-state index in [2.05, 4.69) is 27.6 Å². The van der Waals surface area contributed by atoms with Gasteiger partial charge in [-0.25, -0.2) is 21.6 Å². The first-order chi connectivity index (χ1) is 11.6. The van der Waals surface area contributed by atoms with Crippen LogP contribution < -0.4 is 4.72 Å². The third kappa shape index (κ3) is 5.75. The van der Waals surface area contributed by atoms with Gasteiger partial charge in [-0.15, -0.1) is 0 Å². The average molecular weight is 454 g/mol. The minimum absolute atomic E-state index is 0.0386. The van der Waals surface area contributed by atoms with E-state index in [-0.39, 0.29) is 29.0 Å². The molecule has 1 aliphatic rings. The van der Waals surface area contributed by atoms with E-state index in [0.29, 0.717) is 10.4 Å². The molecule has 1 saturated carbocycles. The summed E-state index contributed by atoms with van der Waals surface area (Å²) in [4.78, 5) is -0.134. The second-order valence-electron chi connectivity index (χ2n) is 6.43. The van der Waals surface area contributed by atoms with Crippen LogP contribution in [-0.2, 0) is 24.6 Å². The lowest BCUT2D eigenvalue weighted by molar-refractivity contribution is -0.00176. The van der Waals surface area contributed by atoms with Crippen molar-refractivity contribution in [1.29, 1.82) is 0 Å². The number of benzene rings is 1. The first-order valence-electron chi connectivity index (χ1n) is 8.22. The molecular weight excluding hydrogens is 430 g/mol. The van der Waals surface area contributed by atoms with Gasteiger partial charge in [0.1, 0.15) is 0 Å². The molecule has 1 aliphatic carbocycles. The Labute approximate surface area is 158 Å². The lowest BCUT2D eigenvalue weighted by Gasteiger charge is -2.28. The Morgan fingerprint density at radius 3 is 2.52 bits per heavy atom. The van der Waals surface area contributed by atoms with Crippen LogP contribution in [0.5, 0.6) is 0 Å². The van der Waals surface area contributed by atoms with Crippen molar-refractivity contribution in [2.45, 2.75) is 48.5 Å². The van der Waals surface area contributed by atoms with Gasteiger partial charge in [0.05, 0.1) is 22.5 Å². The number of sulfone groups is 1. The summed E-state index contributed by atoms with van der Waals surface area (Å²) in [5.74, 6) is 0.492. The van der Waals surface area contributed by atoms with Gasteiger partial charge in [0.25, 0.3) is 0 Å². The Hall–Kier alpha value is -0.480. The normalized spacial score (nSPS) is 22.0. The van der Waals surface area contributed by atoms with Gasteiger partial charge >= 0.3 is 0 Å². The van der Waals surface area contributed by atoms with Crippen molar-refractivity contribution in [3.8, 4) is 0 Å². The Balaban J connectivity index is 1.99. The highest BCUT2D eigenvalue weighted by Gasteiger charge is 2.23. The van der Waals surface area contributed by atoms with Crippen molar-refractivity contribution in [3.05, 3.63) is 22.7 Å². The second-order valence-corrected chi connectivity index (χ2v) is 11.0. The van der Waals surface area contributed by atoms with E-state index < -0.39 is 19.9 Å². The predicted octanol–water partition coefficient (Wildman–Crippen LogP) is 2.73. The lowest BCUT2D eigenvalue weighted by Crippen LogP contribution is -2.32. The average Bonchev–Trinajstić information content (AvgIpc) is 2.52. The Morgan fingerprint density at radius 2 is 1.88 bits per heavy atom. The summed E-state index contributed by atoms with van der Waals surface area (Å²) in [6, 6.07) is 3.95. The lowest BCUT2D eigenvalue weighted by atomic mass is 9.88. The Bertz CT molecular complexity index is 808. The molecule has 6 nitrogen and oxygen atoms in total. The monoisotopic (exact) mass is 453 g/mol. The van der Waals surface area contributed by atoms with Crippen LogP contribution in [0.25, 0.3) is 0 Å². The van der Waals surface area contributed by atoms with Crippen LogP contribution >= 0.6 is 15.9 Å². The fourth-order valence-electron chi connectivity index (χ4n) is 2.91. The molecule has 1 N–H and O–H groups in total. The number of ether oxygens (including phenoxy) is 1. The van der Waals surface area contributed by atoms with E-state index in [9.17, 15) is 16.8 Å². The second kappa shape index (κ2) is 8.47. The maximum atomic E-state index is 12.5. The van der Waals surface area contributed by atoms with Gasteiger partial charge in [-0.3, -0.25) is 0 Å². The van der Waals surface area contributed by atoms with Crippen molar-refractivity contribution in [1.82, 2.24) is 4.72 Å². The molecule has 2 rings (SSSR count). The van der Waals surface area contributed by atoms with E-state index in [1.165, 1.54) is 18.6 Å². The highest BCUT2D eigenvalue weighted by molar-refractivity contribution is 9.10. The van der Waals surface area contributed by atoms with Crippen LogP contribution in [0.2, 0.25) is 0 Å². The zero-order chi connectivity index (χ0) is 18.7. The quantitative estimate of drug-likeness (QED) is 0.640. The largest absolute Gasteiger partial charge is 0.377 e. The Kier molecular flexibility index (Phi) is 7.06. The van der Waals surface area contributed by atoms with E-state index in [1.807, 2.05) is 0 Å². The van der Waals surface area contributed by atoms with Gasteiger partial charge in [0, 0.05) is 17.3 Å². The molecule has 0 aromatic heterocycles. The van der Waals surface area contributed by atoms with E-state index in [0.717, 1.165) is 31.6 Å². The summed E-state index contributed by atoms with van der Waals surface area (Å²) in [7, 11) is -7.32. The standard InChI is InChI=1S/C16H24BrNO5S2/c1-12-5-3-4-6-15(12)23-10-9-18-25(21,22)16-11-13(24(2,19)20)7-8-14(16)17/h7-8,11-12,15,18H,3-6,9-10H2,1-2H3. The molecular formula is C16H24BrNO5S2. The molecule has 1 aromatic carbocycles. The molecule has 2 atom stereocenters. The Morgan fingerprint density at radius 1 is 1.20 bits per heavy atom. The fraction of sp³-hybridized carbons (Fsp3) is 0.625. The number of rotatable bonds is 7. The SMILES string of the molecule is CC1CCCCC1OCCNS(=O)(=O)c1cc(S(C)(=O)=O)ccc1Br. The summed E-state index contributed by atoms with van der Waals surface area (Å²) in [5.41, 5.74) is 0. The van der Waals surface area contributed by atoms with Crippen molar-refractivity contribution in [3.63, 3.8) is 0 Å². The molecule has 0 spiro atoms. The van der Waals surface area contributed by atoms with Gasteiger partial charge in [-0.05, 0) is 52.9 Å². The maximum absolute atomic E-state index is 12.5. The van der Waals surface area contributed by atoms with Crippen molar-refractivity contribution < 1.29 is 21.6 Å². The van der Waals surface area contributed by atoms with Gasteiger partial charge in [-0.2, -0.15) is 0 Å². The topological polar surface area (TPSA) is 89.5 Å². The number of sulfonamides is 1. The number of hydrogen-bond acceptors (Lipinski definition) is 5. The van der Waals surface area contributed by atoms with Crippen LogP contribution in [0.4, 0.5) is 0 Å². The van der Waals surface area contributed by atoms with E-state index >= 15 is 0 Å². The minimum Gasteiger partial charge on any atom is -0.377 e. The highest BCUT2D eigenvalue weighted by atomic mass is 79.9. The first-order valence-corrected chi connectivity index (χ1v) is 12.4. The van der Waals surface area contributed by atoms with Crippen LogP contribution in [0.15, 0.2) is 32.5 Å². The summed E-state index contributed by atoms with van der Waals surface area (Å²) in [6.07, 6.45) is 5.74. The molecule has 0 radical (unpaired) electrons. The van der Waals surface area contributed by atoms with Gasteiger partial charge in [0.15, 0.2) is 9.84 Å². The summed E-state index contributed by atoms with van der Waals surface area (Å²) >= 11 is 3.17. The van der Waals surface area contributed by atoms with Crippen LogP contribution in [0.1, 0.15) is 32.6 Å². The first kappa shape index (κ1) is 20.8. The highest BCUT2D eigenvalue weighted by Crippen LogP contribution is 2.27. The van der Waals surface area contributed by atoms with Crippen molar-refractivity contribution >= 4 is 35.8 Å². The van der Waals surface area contributed by atoms with E-state index in [1.54, 1.807) is 0 Å². The summed E-state index contributed by atoms with van der Waals surface area (Å²) < 4.78 is 56.8. The molecule has 0 bridgehead atoms. The van der Waals surface area contributed by atoms with Crippen molar-refractivity contribution in [2.24, 2.45) is 5.92 Å². The molecule has 1 fully saturated rings. The third-order valence-electron chi connectivity index (χ3n) is 4.38. The minimum atomic E-state index is -3.83. The summed E-state index contributed by atoms with van der Waals surface area (Å²) in [6.45, 7) is 2.58.